The molecule has 2 rings (SSSR count). The Hall–Kier alpha value is -1.76. The van der Waals surface area contributed by atoms with E-state index >= 15 is 0 Å². The molecule has 0 aliphatic carbocycles. The van der Waals surface area contributed by atoms with E-state index in [4.69, 9.17) is 5.11 Å². The maximum atomic E-state index is 11.2. The van der Waals surface area contributed by atoms with Crippen LogP contribution in [0.25, 0.3) is 11.0 Å². The SMILES string of the molecule is CC(CCC(=O)O)Nc1cc2[nH]c(=O)[nH]c2cc1Br. The van der Waals surface area contributed by atoms with Gasteiger partial charge in [-0.05, 0) is 41.4 Å². The molecule has 0 spiro atoms. The average molecular weight is 328 g/mol. The number of rotatable bonds is 5. The molecule has 1 heterocycles. The van der Waals surface area contributed by atoms with Crippen molar-refractivity contribution in [2.24, 2.45) is 0 Å². The lowest BCUT2D eigenvalue weighted by Gasteiger charge is -2.15. The lowest BCUT2D eigenvalue weighted by Crippen LogP contribution is -2.16. The van der Waals surface area contributed by atoms with Gasteiger partial charge in [-0.15, -0.1) is 0 Å². The molecule has 102 valence electrons. The first kappa shape index (κ1) is 13.7. The number of hydrogen-bond acceptors (Lipinski definition) is 3. The fourth-order valence-corrected chi connectivity index (χ4v) is 2.30. The number of fused-ring (bicyclic) bond motifs is 1. The van der Waals surface area contributed by atoms with E-state index in [0.29, 0.717) is 11.9 Å². The van der Waals surface area contributed by atoms with Crippen LogP contribution >= 0.6 is 15.9 Å². The molecule has 0 saturated carbocycles. The van der Waals surface area contributed by atoms with Gasteiger partial charge in [0, 0.05) is 16.9 Å². The molecule has 1 aromatic heterocycles. The Bertz CT molecular complexity index is 662. The molecule has 0 saturated heterocycles. The fourth-order valence-electron chi connectivity index (χ4n) is 1.84. The number of carboxylic acids is 1. The van der Waals surface area contributed by atoms with Gasteiger partial charge in [-0.25, -0.2) is 4.79 Å². The van der Waals surface area contributed by atoms with E-state index in [1.165, 1.54) is 0 Å². The van der Waals surface area contributed by atoms with Crippen molar-refractivity contribution < 1.29 is 9.90 Å². The molecular weight excluding hydrogens is 314 g/mol. The first-order chi connectivity index (χ1) is 8.95. The van der Waals surface area contributed by atoms with Crippen LogP contribution in [0.1, 0.15) is 19.8 Å². The van der Waals surface area contributed by atoms with Gasteiger partial charge in [-0.1, -0.05) is 0 Å². The van der Waals surface area contributed by atoms with E-state index < -0.39 is 5.97 Å². The fraction of sp³-hybridized carbons (Fsp3) is 0.333. The van der Waals surface area contributed by atoms with Crippen molar-refractivity contribution in [1.29, 1.82) is 0 Å². The van der Waals surface area contributed by atoms with Crippen molar-refractivity contribution in [3.8, 4) is 0 Å². The predicted octanol–water partition coefficient (Wildman–Crippen LogP) is 2.28. The number of aromatic amines is 2. The van der Waals surface area contributed by atoms with Crippen LogP contribution in [-0.4, -0.2) is 27.1 Å². The monoisotopic (exact) mass is 327 g/mol. The summed E-state index contributed by atoms with van der Waals surface area (Å²) in [5.41, 5.74) is 2.00. The molecule has 0 amide bonds. The van der Waals surface area contributed by atoms with Gasteiger partial charge in [-0.3, -0.25) is 4.79 Å². The van der Waals surface area contributed by atoms with Gasteiger partial charge in [0.1, 0.15) is 0 Å². The molecule has 6 nitrogen and oxygen atoms in total. The van der Waals surface area contributed by atoms with Crippen LogP contribution in [0.3, 0.4) is 0 Å². The first-order valence-corrected chi connectivity index (χ1v) is 6.65. The number of carbonyl (C=O) groups is 1. The summed E-state index contributed by atoms with van der Waals surface area (Å²) in [4.78, 5) is 27.1. The van der Waals surface area contributed by atoms with Gasteiger partial charge < -0.3 is 20.4 Å². The van der Waals surface area contributed by atoms with E-state index in [0.717, 1.165) is 15.7 Å². The number of anilines is 1. The quantitative estimate of drug-likeness (QED) is 0.677. The number of nitrogens with one attached hydrogen (secondary N) is 3. The van der Waals surface area contributed by atoms with Crippen LogP contribution in [0.15, 0.2) is 21.4 Å². The average Bonchev–Trinajstić information content (AvgIpc) is 2.66. The predicted molar refractivity (Wildman–Crippen MR) is 76.6 cm³/mol. The van der Waals surface area contributed by atoms with Crippen LogP contribution in [-0.2, 0) is 4.79 Å². The highest BCUT2D eigenvalue weighted by Gasteiger charge is 2.09. The second-order valence-corrected chi connectivity index (χ2v) is 5.29. The standard InChI is InChI=1S/C12H14BrN3O3/c1-6(2-3-11(17)18)14-8-5-10-9(4-7(8)13)15-12(19)16-10/h4-6,14H,2-3H2,1H3,(H,17,18)(H2,15,16,19). The highest BCUT2D eigenvalue weighted by molar-refractivity contribution is 9.10. The molecule has 2 aromatic rings. The summed E-state index contributed by atoms with van der Waals surface area (Å²) in [6, 6.07) is 3.64. The largest absolute Gasteiger partial charge is 0.481 e. The Balaban J connectivity index is 2.17. The minimum atomic E-state index is -0.807. The minimum Gasteiger partial charge on any atom is -0.481 e. The summed E-state index contributed by atoms with van der Waals surface area (Å²) in [6.45, 7) is 1.92. The van der Waals surface area contributed by atoms with Gasteiger partial charge in [0.25, 0.3) is 0 Å². The van der Waals surface area contributed by atoms with Gasteiger partial charge in [0.05, 0.1) is 16.7 Å². The summed E-state index contributed by atoms with van der Waals surface area (Å²) < 4.78 is 0.817. The summed E-state index contributed by atoms with van der Waals surface area (Å²) >= 11 is 3.42. The zero-order valence-corrected chi connectivity index (χ0v) is 11.9. The van der Waals surface area contributed by atoms with Crippen LogP contribution in [0.4, 0.5) is 5.69 Å². The Morgan fingerprint density at radius 3 is 2.68 bits per heavy atom. The summed E-state index contributed by atoms with van der Waals surface area (Å²) in [5.74, 6) is -0.807. The van der Waals surface area contributed by atoms with Crippen molar-refractivity contribution in [3.63, 3.8) is 0 Å². The summed E-state index contributed by atoms with van der Waals surface area (Å²) in [6.07, 6.45) is 0.651. The number of aromatic nitrogens is 2. The van der Waals surface area contributed by atoms with Gasteiger partial charge in [-0.2, -0.15) is 0 Å². The first-order valence-electron chi connectivity index (χ1n) is 5.85. The van der Waals surface area contributed by atoms with Gasteiger partial charge in [0.2, 0.25) is 0 Å². The third-order valence-corrected chi connectivity index (χ3v) is 3.45. The Labute approximate surface area is 117 Å². The molecule has 0 aliphatic rings. The normalized spacial score (nSPS) is 12.5. The Morgan fingerprint density at radius 1 is 1.42 bits per heavy atom. The molecule has 1 aromatic carbocycles. The lowest BCUT2D eigenvalue weighted by molar-refractivity contribution is -0.137. The molecule has 7 heteroatoms. The zero-order valence-electron chi connectivity index (χ0n) is 10.3. The van der Waals surface area contributed by atoms with Gasteiger partial charge >= 0.3 is 11.7 Å². The Kier molecular flexibility index (Phi) is 3.94. The molecule has 19 heavy (non-hydrogen) atoms. The highest BCUT2D eigenvalue weighted by atomic mass is 79.9. The van der Waals surface area contributed by atoms with Crippen molar-refractivity contribution in [3.05, 3.63) is 27.1 Å². The molecule has 4 N–H and O–H groups in total. The van der Waals surface area contributed by atoms with E-state index in [-0.39, 0.29) is 18.2 Å². The van der Waals surface area contributed by atoms with Crippen molar-refractivity contribution >= 4 is 38.6 Å². The topological polar surface area (TPSA) is 98.0 Å². The van der Waals surface area contributed by atoms with Crippen molar-refractivity contribution in [2.45, 2.75) is 25.8 Å². The molecule has 1 atom stereocenters. The molecule has 0 bridgehead atoms. The van der Waals surface area contributed by atoms with Crippen LogP contribution in [0.5, 0.6) is 0 Å². The van der Waals surface area contributed by atoms with E-state index in [1.54, 1.807) is 6.07 Å². The second kappa shape index (κ2) is 5.48. The third-order valence-electron chi connectivity index (χ3n) is 2.80. The second-order valence-electron chi connectivity index (χ2n) is 4.43. The van der Waals surface area contributed by atoms with Crippen LogP contribution in [0, 0.1) is 0 Å². The maximum Gasteiger partial charge on any atom is 0.323 e. The minimum absolute atomic E-state index is 0.0236. The number of carboxylic acid groups (broad SMARTS) is 1. The van der Waals surface area contributed by atoms with Crippen LogP contribution < -0.4 is 11.0 Å². The molecular formula is C12H14BrN3O3. The highest BCUT2D eigenvalue weighted by Crippen LogP contribution is 2.27. The van der Waals surface area contributed by atoms with Gasteiger partial charge in [0.15, 0.2) is 0 Å². The molecule has 1 unspecified atom stereocenters. The number of halogens is 1. The number of H-pyrrole nitrogens is 2. The summed E-state index contributed by atoms with van der Waals surface area (Å²) in [7, 11) is 0. The zero-order chi connectivity index (χ0) is 14.0. The van der Waals surface area contributed by atoms with Crippen LogP contribution in [0.2, 0.25) is 0 Å². The van der Waals surface area contributed by atoms with E-state index in [1.807, 2.05) is 13.0 Å². The third kappa shape index (κ3) is 3.37. The maximum absolute atomic E-state index is 11.2. The van der Waals surface area contributed by atoms with Crippen molar-refractivity contribution in [1.82, 2.24) is 9.97 Å². The molecule has 0 radical (unpaired) electrons. The van der Waals surface area contributed by atoms with E-state index in [9.17, 15) is 9.59 Å². The number of aliphatic carboxylic acids is 1. The smallest absolute Gasteiger partial charge is 0.323 e. The Morgan fingerprint density at radius 2 is 2.05 bits per heavy atom. The summed E-state index contributed by atoms with van der Waals surface area (Å²) in [5, 5.41) is 11.9. The van der Waals surface area contributed by atoms with Crippen molar-refractivity contribution in [2.75, 3.05) is 5.32 Å². The van der Waals surface area contributed by atoms with E-state index in [2.05, 4.69) is 31.2 Å². The number of hydrogen-bond donors (Lipinski definition) is 4. The number of imidazole rings is 1. The molecule has 0 aliphatic heterocycles. The molecule has 0 fully saturated rings. The number of benzene rings is 1. The lowest BCUT2D eigenvalue weighted by atomic mass is 10.1.